The van der Waals surface area contributed by atoms with E-state index >= 15 is 0 Å². The summed E-state index contributed by atoms with van der Waals surface area (Å²) in [6, 6.07) is 24.2. The molecule has 3 unspecified atom stereocenters. The zero-order valence-electron chi connectivity index (χ0n) is 22.5. The molecule has 8 heteroatoms. The Morgan fingerprint density at radius 3 is 2.03 bits per heavy atom. The number of ether oxygens (including phenoxy) is 1. The molecule has 0 heterocycles. The number of aliphatic carboxylic acids is 1. The van der Waals surface area contributed by atoms with E-state index in [-0.39, 0.29) is 19.1 Å². The summed E-state index contributed by atoms with van der Waals surface area (Å²) < 4.78 is 5.59. The number of hydrogen-bond acceptors (Lipinski definition) is 5. The number of fused-ring (bicyclic) bond motifs is 3. The van der Waals surface area contributed by atoms with Crippen LogP contribution in [0, 0.1) is 5.92 Å². The molecule has 4 rings (SSSR count). The van der Waals surface area contributed by atoms with E-state index in [4.69, 9.17) is 4.74 Å². The molecule has 1 aliphatic carbocycles. The molecule has 3 atom stereocenters. The van der Waals surface area contributed by atoms with Crippen molar-refractivity contribution in [3.63, 3.8) is 0 Å². The first-order valence-electron chi connectivity index (χ1n) is 13.1. The van der Waals surface area contributed by atoms with Gasteiger partial charge in [0.25, 0.3) is 0 Å². The van der Waals surface area contributed by atoms with E-state index in [1.165, 1.54) is 0 Å². The largest absolute Gasteiger partial charge is 0.480 e. The van der Waals surface area contributed by atoms with Crippen molar-refractivity contribution in [3.05, 3.63) is 95.6 Å². The van der Waals surface area contributed by atoms with Gasteiger partial charge in [-0.3, -0.25) is 9.69 Å². The summed E-state index contributed by atoms with van der Waals surface area (Å²) in [6.45, 7) is 4.20. The van der Waals surface area contributed by atoms with Crippen molar-refractivity contribution in [1.82, 2.24) is 15.5 Å². The van der Waals surface area contributed by atoms with E-state index in [0.29, 0.717) is 6.54 Å². The minimum atomic E-state index is -1.12. The maximum Gasteiger partial charge on any atom is 0.407 e. The van der Waals surface area contributed by atoms with E-state index in [0.717, 1.165) is 27.8 Å². The summed E-state index contributed by atoms with van der Waals surface area (Å²) in [7, 11) is 1.81. The highest BCUT2D eigenvalue weighted by molar-refractivity contribution is 5.85. The Balaban J connectivity index is 1.28. The lowest BCUT2D eigenvalue weighted by Gasteiger charge is -2.25. The Hall–Kier alpha value is -4.17. The van der Waals surface area contributed by atoms with Crippen LogP contribution in [0.2, 0.25) is 0 Å². The topological polar surface area (TPSA) is 108 Å². The van der Waals surface area contributed by atoms with Gasteiger partial charge in [-0.2, -0.15) is 0 Å². The predicted octanol–water partition coefficient (Wildman–Crippen LogP) is 4.25. The average Bonchev–Trinajstić information content (AvgIpc) is 3.25. The van der Waals surface area contributed by atoms with Crippen LogP contribution < -0.4 is 10.6 Å². The lowest BCUT2D eigenvalue weighted by molar-refractivity contribution is -0.143. The second-order valence-corrected chi connectivity index (χ2v) is 10.1. The molecule has 8 nitrogen and oxygen atoms in total. The number of carboxylic acid groups (broad SMARTS) is 1. The SMILES string of the molecule is CC(NC(=O)OCC1c2ccccc2-c2ccccc21)C(C)C(=O)NC(CN(C)Cc1ccccc1)C(=O)O. The number of amides is 2. The van der Waals surface area contributed by atoms with Crippen LogP contribution in [0.15, 0.2) is 78.9 Å². The van der Waals surface area contributed by atoms with E-state index in [1.807, 2.05) is 71.6 Å². The van der Waals surface area contributed by atoms with Crippen LogP contribution >= 0.6 is 0 Å². The molecule has 0 saturated carbocycles. The van der Waals surface area contributed by atoms with Crippen molar-refractivity contribution < 1.29 is 24.2 Å². The molecule has 3 aromatic carbocycles. The van der Waals surface area contributed by atoms with Gasteiger partial charge >= 0.3 is 12.1 Å². The first-order chi connectivity index (χ1) is 18.7. The maximum atomic E-state index is 12.9. The van der Waals surface area contributed by atoms with Gasteiger partial charge in [0, 0.05) is 25.0 Å². The number of likely N-dealkylation sites (N-methyl/N-ethyl adjacent to an activating group) is 1. The second-order valence-electron chi connectivity index (χ2n) is 10.1. The van der Waals surface area contributed by atoms with Gasteiger partial charge in [-0.25, -0.2) is 9.59 Å². The van der Waals surface area contributed by atoms with Crippen molar-refractivity contribution in [2.24, 2.45) is 5.92 Å². The summed E-state index contributed by atoms with van der Waals surface area (Å²) in [5.74, 6) is -2.32. The number of rotatable bonds is 11. The van der Waals surface area contributed by atoms with Crippen LogP contribution in [0.25, 0.3) is 11.1 Å². The Kier molecular flexibility index (Phi) is 8.99. The number of carboxylic acids is 1. The van der Waals surface area contributed by atoms with Crippen molar-refractivity contribution in [3.8, 4) is 11.1 Å². The van der Waals surface area contributed by atoms with Crippen LogP contribution in [0.4, 0.5) is 4.79 Å². The van der Waals surface area contributed by atoms with Crippen molar-refractivity contribution in [2.75, 3.05) is 20.2 Å². The van der Waals surface area contributed by atoms with Crippen LogP contribution in [0.5, 0.6) is 0 Å². The standard InChI is InChI=1S/C31H35N3O5/c1-20(29(35)33-28(30(36)37)18-34(3)17-22-11-5-4-6-12-22)21(2)32-31(38)39-19-27-25-15-9-7-13-23(25)24-14-8-10-16-26(24)27/h4-16,20-21,27-28H,17-19H2,1-3H3,(H,32,38)(H,33,35)(H,36,37). The molecule has 0 spiro atoms. The first kappa shape index (κ1) is 27.9. The summed E-state index contributed by atoms with van der Waals surface area (Å²) >= 11 is 0. The van der Waals surface area contributed by atoms with E-state index in [9.17, 15) is 19.5 Å². The lowest BCUT2D eigenvalue weighted by atomic mass is 9.98. The second kappa shape index (κ2) is 12.6. The number of nitrogens with one attached hydrogen (secondary N) is 2. The molecular weight excluding hydrogens is 494 g/mol. The molecule has 0 bridgehead atoms. The first-order valence-corrected chi connectivity index (χ1v) is 13.1. The van der Waals surface area contributed by atoms with E-state index < -0.39 is 36.0 Å². The molecular formula is C31H35N3O5. The molecule has 39 heavy (non-hydrogen) atoms. The Morgan fingerprint density at radius 2 is 1.44 bits per heavy atom. The molecule has 0 aliphatic heterocycles. The van der Waals surface area contributed by atoms with Crippen LogP contribution in [-0.4, -0.2) is 60.3 Å². The summed E-state index contributed by atoms with van der Waals surface area (Å²) in [6.07, 6.45) is -0.624. The van der Waals surface area contributed by atoms with Gasteiger partial charge in [-0.15, -0.1) is 0 Å². The minimum Gasteiger partial charge on any atom is -0.480 e. The van der Waals surface area contributed by atoms with Crippen LogP contribution in [-0.2, 0) is 20.9 Å². The third kappa shape index (κ3) is 6.83. The highest BCUT2D eigenvalue weighted by atomic mass is 16.5. The summed E-state index contributed by atoms with van der Waals surface area (Å²) in [5.41, 5.74) is 5.56. The Labute approximate surface area is 229 Å². The van der Waals surface area contributed by atoms with Gasteiger partial charge in [0.2, 0.25) is 5.91 Å². The number of carbonyl (C=O) groups is 3. The average molecular weight is 530 g/mol. The Bertz CT molecular complexity index is 1270. The number of benzene rings is 3. The third-order valence-corrected chi connectivity index (χ3v) is 7.26. The molecule has 3 N–H and O–H groups in total. The van der Waals surface area contributed by atoms with Gasteiger partial charge < -0.3 is 20.5 Å². The van der Waals surface area contributed by atoms with Gasteiger partial charge in [0.1, 0.15) is 12.6 Å². The lowest BCUT2D eigenvalue weighted by Crippen LogP contribution is -2.52. The van der Waals surface area contributed by atoms with Crippen molar-refractivity contribution >= 4 is 18.0 Å². The molecule has 2 amide bonds. The highest BCUT2D eigenvalue weighted by Gasteiger charge is 2.31. The van der Waals surface area contributed by atoms with Gasteiger partial charge in [0.05, 0.1) is 5.92 Å². The molecule has 0 fully saturated rings. The zero-order chi connectivity index (χ0) is 27.9. The fourth-order valence-corrected chi connectivity index (χ4v) is 4.94. The van der Waals surface area contributed by atoms with E-state index in [1.54, 1.807) is 20.9 Å². The minimum absolute atomic E-state index is 0.0663. The van der Waals surface area contributed by atoms with Gasteiger partial charge in [-0.1, -0.05) is 85.8 Å². The zero-order valence-corrected chi connectivity index (χ0v) is 22.5. The van der Waals surface area contributed by atoms with Crippen molar-refractivity contribution in [2.45, 2.75) is 38.4 Å². The van der Waals surface area contributed by atoms with E-state index in [2.05, 4.69) is 22.8 Å². The van der Waals surface area contributed by atoms with Crippen LogP contribution in [0.3, 0.4) is 0 Å². The smallest absolute Gasteiger partial charge is 0.407 e. The monoisotopic (exact) mass is 529 g/mol. The number of carbonyl (C=O) groups excluding carboxylic acids is 2. The fourth-order valence-electron chi connectivity index (χ4n) is 4.94. The molecule has 3 aromatic rings. The molecule has 0 radical (unpaired) electrons. The third-order valence-electron chi connectivity index (χ3n) is 7.26. The highest BCUT2D eigenvalue weighted by Crippen LogP contribution is 2.44. The quantitative estimate of drug-likeness (QED) is 0.343. The number of alkyl carbamates (subject to hydrolysis) is 1. The van der Waals surface area contributed by atoms with Crippen LogP contribution in [0.1, 0.15) is 36.5 Å². The maximum absolute atomic E-state index is 12.9. The Morgan fingerprint density at radius 1 is 0.872 bits per heavy atom. The number of hydrogen-bond donors (Lipinski definition) is 3. The van der Waals surface area contributed by atoms with Gasteiger partial charge in [-0.05, 0) is 41.8 Å². The molecule has 1 aliphatic rings. The molecule has 0 saturated heterocycles. The molecule has 0 aromatic heterocycles. The number of nitrogens with zero attached hydrogens (tertiary/aromatic N) is 1. The van der Waals surface area contributed by atoms with Gasteiger partial charge in [0.15, 0.2) is 0 Å². The normalized spacial score (nSPS) is 14.6. The fraction of sp³-hybridized carbons (Fsp3) is 0.323. The predicted molar refractivity (Wildman–Crippen MR) is 149 cm³/mol. The summed E-state index contributed by atoms with van der Waals surface area (Å²) in [4.78, 5) is 39.2. The summed E-state index contributed by atoms with van der Waals surface area (Å²) in [5, 5.41) is 15.0. The van der Waals surface area contributed by atoms with Crippen molar-refractivity contribution in [1.29, 1.82) is 0 Å². The molecule has 204 valence electrons.